The van der Waals surface area contributed by atoms with Crippen LogP contribution in [-0.4, -0.2) is 4.98 Å². The van der Waals surface area contributed by atoms with E-state index >= 15 is 0 Å². The average molecular weight is 330 g/mol. The van der Waals surface area contributed by atoms with Crippen LogP contribution in [-0.2, 0) is 26.0 Å². The number of aryl methyl sites for hydroxylation is 2. The van der Waals surface area contributed by atoms with Gasteiger partial charge in [-0.1, -0.05) is 30.3 Å². The van der Waals surface area contributed by atoms with Crippen LogP contribution in [0.25, 0.3) is 0 Å². The SMILES string of the molecule is c1cncc(COc2ccccc2CNc2ccc3c(c2)CCC3)c1. The minimum atomic E-state index is 0.531. The maximum Gasteiger partial charge on any atom is 0.124 e. The molecule has 0 aliphatic heterocycles. The van der Waals surface area contributed by atoms with Crippen molar-refractivity contribution in [2.45, 2.75) is 32.4 Å². The number of hydrogen-bond donors (Lipinski definition) is 1. The van der Waals surface area contributed by atoms with E-state index < -0.39 is 0 Å². The summed E-state index contributed by atoms with van der Waals surface area (Å²) in [5.41, 5.74) is 6.41. The predicted octanol–water partition coefficient (Wildman–Crippen LogP) is 4.76. The number of fused-ring (bicyclic) bond motifs is 1. The molecule has 1 aliphatic rings. The number of nitrogens with zero attached hydrogens (tertiary/aromatic N) is 1. The topological polar surface area (TPSA) is 34.1 Å². The highest BCUT2D eigenvalue weighted by Crippen LogP contribution is 2.26. The highest BCUT2D eigenvalue weighted by atomic mass is 16.5. The second kappa shape index (κ2) is 7.39. The first-order chi connectivity index (χ1) is 12.4. The molecule has 0 radical (unpaired) electrons. The van der Waals surface area contributed by atoms with Crippen molar-refractivity contribution in [1.29, 1.82) is 0 Å². The summed E-state index contributed by atoms with van der Waals surface area (Å²) in [4.78, 5) is 4.13. The second-order valence-corrected chi connectivity index (χ2v) is 6.45. The summed E-state index contributed by atoms with van der Waals surface area (Å²) < 4.78 is 6.01. The predicted molar refractivity (Wildman–Crippen MR) is 101 cm³/mol. The Balaban J connectivity index is 1.42. The summed E-state index contributed by atoms with van der Waals surface area (Å²) in [6.45, 7) is 1.28. The first-order valence-electron chi connectivity index (χ1n) is 8.84. The second-order valence-electron chi connectivity index (χ2n) is 6.45. The Hall–Kier alpha value is -2.81. The number of aromatic nitrogens is 1. The number of anilines is 1. The van der Waals surface area contributed by atoms with Gasteiger partial charge >= 0.3 is 0 Å². The van der Waals surface area contributed by atoms with Gasteiger partial charge < -0.3 is 10.1 Å². The summed E-state index contributed by atoms with van der Waals surface area (Å²) >= 11 is 0. The molecule has 1 heterocycles. The molecule has 126 valence electrons. The Kier molecular flexibility index (Phi) is 4.64. The monoisotopic (exact) mass is 330 g/mol. The molecule has 1 aromatic heterocycles. The molecule has 25 heavy (non-hydrogen) atoms. The Morgan fingerprint density at radius 2 is 1.88 bits per heavy atom. The first-order valence-corrected chi connectivity index (χ1v) is 8.84. The van der Waals surface area contributed by atoms with Crippen LogP contribution in [0.15, 0.2) is 67.0 Å². The fraction of sp³-hybridized carbons (Fsp3) is 0.227. The van der Waals surface area contributed by atoms with Crippen molar-refractivity contribution in [2.75, 3.05) is 5.32 Å². The van der Waals surface area contributed by atoms with Gasteiger partial charge in [0.15, 0.2) is 0 Å². The summed E-state index contributed by atoms with van der Waals surface area (Å²) in [6, 6.07) is 18.9. The van der Waals surface area contributed by atoms with Gasteiger partial charge in [0, 0.05) is 35.8 Å². The third-order valence-electron chi connectivity index (χ3n) is 4.67. The Labute approximate surface area is 148 Å². The maximum absolute atomic E-state index is 6.01. The van der Waals surface area contributed by atoms with Crippen molar-refractivity contribution < 1.29 is 4.74 Å². The molecule has 0 unspecified atom stereocenters. The maximum atomic E-state index is 6.01. The Bertz CT molecular complexity index is 846. The highest BCUT2D eigenvalue weighted by molar-refractivity contribution is 5.51. The van der Waals surface area contributed by atoms with E-state index in [0.29, 0.717) is 6.61 Å². The molecular formula is C22H22N2O. The first kappa shape index (κ1) is 15.7. The number of pyridine rings is 1. The van der Waals surface area contributed by atoms with Crippen molar-refractivity contribution in [3.05, 3.63) is 89.2 Å². The molecule has 4 rings (SSSR count). The summed E-state index contributed by atoms with van der Waals surface area (Å²) in [7, 11) is 0. The fourth-order valence-electron chi connectivity index (χ4n) is 3.31. The molecule has 0 saturated heterocycles. The van der Waals surface area contributed by atoms with E-state index in [2.05, 4.69) is 40.6 Å². The number of rotatable bonds is 6. The fourth-order valence-corrected chi connectivity index (χ4v) is 3.31. The number of hydrogen-bond acceptors (Lipinski definition) is 3. The largest absolute Gasteiger partial charge is 0.488 e. The van der Waals surface area contributed by atoms with Crippen molar-refractivity contribution in [3.63, 3.8) is 0 Å². The van der Waals surface area contributed by atoms with Gasteiger partial charge in [-0.25, -0.2) is 0 Å². The molecule has 0 amide bonds. The Morgan fingerprint density at radius 3 is 2.80 bits per heavy atom. The zero-order chi connectivity index (χ0) is 16.9. The molecule has 0 fully saturated rings. The van der Waals surface area contributed by atoms with Crippen LogP contribution in [0, 0.1) is 0 Å². The van der Waals surface area contributed by atoms with E-state index in [4.69, 9.17) is 4.74 Å². The van der Waals surface area contributed by atoms with Gasteiger partial charge in [-0.2, -0.15) is 0 Å². The summed E-state index contributed by atoms with van der Waals surface area (Å²) in [5, 5.41) is 3.54. The van der Waals surface area contributed by atoms with E-state index in [0.717, 1.165) is 23.4 Å². The number of benzene rings is 2. The zero-order valence-electron chi connectivity index (χ0n) is 14.2. The molecule has 1 N–H and O–H groups in total. The quantitative estimate of drug-likeness (QED) is 0.707. The van der Waals surface area contributed by atoms with Crippen LogP contribution >= 0.6 is 0 Å². The number of nitrogens with one attached hydrogen (secondary N) is 1. The van der Waals surface area contributed by atoms with Gasteiger partial charge in [0.05, 0.1) is 0 Å². The summed E-state index contributed by atoms with van der Waals surface area (Å²) in [5.74, 6) is 0.917. The number of ether oxygens (including phenoxy) is 1. The normalized spacial score (nSPS) is 12.6. The minimum Gasteiger partial charge on any atom is -0.488 e. The molecule has 0 atom stereocenters. The molecule has 3 aromatic rings. The van der Waals surface area contributed by atoms with E-state index in [-0.39, 0.29) is 0 Å². The van der Waals surface area contributed by atoms with Crippen LogP contribution < -0.4 is 10.1 Å². The lowest BCUT2D eigenvalue weighted by molar-refractivity contribution is 0.303. The van der Waals surface area contributed by atoms with Crippen molar-refractivity contribution in [1.82, 2.24) is 4.98 Å². The molecule has 3 heteroatoms. The van der Waals surface area contributed by atoms with Gasteiger partial charge in [0.25, 0.3) is 0 Å². The molecular weight excluding hydrogens is 308 g/mol. The molecule has 2 aromatic carbocycles. The van der Waals surface area contributed by atoms with Crippen LogP contribution in [0.1, 0.15) is 28.7 Å². The lowest BCUT2D eigenvalue weighted by atomic mass is 10.1. The molecule has 0 saturated carbocycles. The molecule has 0 spiro atoms. The van der Waals surface area contributed by atoms with Gasteiger partial charge in [-0.05, 0) is 54.7 Å². The lowest BCUT2D eigenvalue weighted by Gasteiger charge is -2.13. The van der Waals surface area contributed by atoms with Crippen molar-refractivity contribution in [2.24, 2.45) is 0 Å². The standard InChI is InChI=1S/C22H22N2O/c1-2-9-22(25-16-17-5-4-12-23-14-17)20(6-1)15-24-21-11-10-18-7-3-8-19(18)13-21/h1-2,4-6,9-14,24H,3,7-8,15-16H2. The van der Waals surface area contributed by atoms with Gasteiger partial charge in [0.1, 0.15) is 12.4 Å². The highest BCUT2D eigenvalue weighted by Gasteiger charge is 2.11. The molecule has 1 aliphatic carbocycles. The van der Waals surface area contributed by atoms with E-state index in [1.165, 1.54) is 36.1 Å². The van der Waals surface area contributed by atoms with E-state index in [1.54, 1.807) is 6.20 Å². The zero-order valence-corrected chi connectivity index (χ0v) is 14.2. The third kappa shape index (κ3) is 3.82. The Morgan fingerprint density at radius 1 is 0.960 bits per heavy atom. The van der Waals surface area contributed by atoms with Crippen molar-refractivity contribution in [3.8, 4) is 5.75 Å². The smallest absolute Gasteiger partial charge is 0.124 e. The van der Waals surface area contributed by atoms with Crippen LogP contribution in [0.3, 0.4) is 0 Å². The van der Waals surface area contributed by atoms with Gasteiger partial charge in [0.2, 0.25) is 0 Å². The summed E-state index contributed by atoms with van der Waals surface area (Å²) in [6.07, 6.45) is 7.32. The third-order valence-corrected chi connectivity index (χ3v) is 4.67. The van der Waals surface area contributed by atoms with Crippen LogP contribution in [0.2, 0.25) is 0 Å². The lowest BCUT2D eigenvalue weighted by Crippen LogP contribution is -2.04. The van der Waals surface area contributed by atoms with Gasteiger partial charge in [-0.3, -0.25) is 4.98 Å². The van der Waals surface area contributed by atoms with Gasteiger partial charge in [-0.15, -0.1) is 0 Å². The van der Waals surface area contributed by atoms with Crippen molar-refractivity contribution >= 4 is 5.69 Å². The van der Waals surface area contributed by atoms with E-state index in [1.807, 2.05) is 30.5 Å². The minimum absolute atomic E-state index is 0.531. The van der Waals surface area contributed by atoms with E-state index in [9.17, 15) is 0 Å². The average Bonchev–Trinajstić information content (AvgIpc) is 3.14. The van der Waals surface area contributed by atoms with Crippen LogP contribution in [0.4, 0.5) is 5.69 Å². The molecule has 3 nitrogen and oxygen atoms in total. The molecule has 0 bridgehead atoms. The number of para-hydroxylation sites is 1. The van der Waals surface area contributed by atoms with Crippen LogP contribution in [0.5, 0.6) is 5.75 Å².